The van der Waals surface area contributed by atoms with Gasteiger partial charge in [-0.15, -0.1) is 0 Å². The number of hydrogen-bond acceptors (Lipinski definition) is 2. The van der Waals surface area contributed by atoms with E-state index in [1.165, 1.54) is 19.3 Å². The largest absolute Gasteiger partial charge is 0.480 e. The van der Waals surface area contributed by atoms with E-state index in [1.54, 1.807) is 0 Å². The summed E-state index contributed by atoms with van der Waals surface area (Å²) in [5.41, 5.74) is 0. The van der Waals surface area contributed by atoms with Crippen molar-refractivity contribution < 1.29 is 4.74 Å². The standard InChI is InChI=1S/C9H19NO/c1-4-5-6-7-8-11-9(2)10-3/h10H,2,4-8H2,1,3H3. The Kier molecular flexibility index (Phi) is 7.00. The molecule has 0 heterocycles. The van der Waals surface area contributed by atoms with Gasteiger partial charge < -0.3 is 10.1 Å². The van der Waals surface area contributed by atoms with E-state index in [1.807, 2.05) is 7.05 Å². The van der Waals surface area contributed by atoms with Crippen LogP contribution in [0.4, 0.5) is 0 Å². The van der Waals surface area contributed by atoms with Gasteiger partial charge in [0, 0.05) is 7.05 Å². The van der Waals surface area contributed by atoms with Crippen LogP contribution < -0.4 is 5.32 Å². The molecule has 11 heavy (non-hydrogen) atoms. The maximum Gasteiger partial charge on any atom is 0.178 e. The van der Waals surface area contributed by atoms with E-state index in [2.05, 4.69) is 18.8 Å². The first-order chi connectivity index (χ1) is 5.31. The molecule has 0 aliphatic rings. The highest BCUT2D eigenvalue weighted by molar-refractivity contribution is 4.75. The number of hydrogen-bond donors (Lipinski definition) is 1. The topological polar surface area (TPSA) is 21.3 Å². The van der Waals surface area contributed by atoms with Gasteiger partial charge in [0.1, 0.15) is 0 Å². The molecule has 0 aromatic heterocycles. The van der Waals surface area contributed by atoms with Crippen LogP contribution >= 0.6 is 0 Å². The van der Waals surface area contributed by atoms with Crippen LogP contribution in [0, 0.1) is 0 Å². The Bertz CT molecular complexity index is 102. The highest BCUT2D eigenvalue weighted by Gasteiger charge is 1.89. The molecular formula is C9H19NO. The van der Waals surface area contributed by atoms with Gasteiger partial charge in [-0.05, 0) is 13.0 Å². The molecule has 0 rings (SSSR count). The summed E-state index contributed by atoms with van der Waals surface area (Å²) < 4.78 is 5.23. The Morgan fingerprint density at radius 2 is 2.09 bits per heavy atom. The van der Waals surface area contributed by atoms with E-state index < -0.39 is 0 Å². The van der Waals surface area contributed by atoms with Crippen LogP contribution in [0.5, 0.6) is 0 Å². The fraction of sp³-hybridized carbons (Fsp3) is 0.778. The van der Waals surface area contributed by atoms with Crippen molar-refractivity contribution in [3.8, 4) is 0 Å². The highest BCUT2D eigenvalue weighted by atomic mass is 16.5. The van der Waals surface area contributed by atoms with Crippen LogP contribution in [0.2, 0.25) is 0 Å². The Labute approximate surface area is 69.6 Å². The van der Waals surface area contributed by atoms with Crippen LogP contribution in [0.15, 0.2) is 12.5 Å². The maximum absolute atomic E-state index is 5.23. The molecule has 0 saturated carbocycles. The zero-order valence-corrected chi connectivity index (χ0v) is 7.65. The third kappa shape index (κ3) is 7.23. The minimum Gasteiger partial charge on any atom is -0.480 e. The lowest BCUT2D eigenvalue weighted by Gasteiger charge is -2.06. The summed E-state index contributed by atoms with van der Waals surface area (Å²) >= 11 is 0. The molecule has 0 spiro atoms. The zero-order chi connectivity index (χ0) is 8.53. The van der Waals surface area contributed by atoms with Crippen molar-refractivity contribution in [3.63, 3.8) is 0 Å². The maximum atomic E-state index is 5.23. The van der Waals surface area contributed by atoms with E-state index in [9.17, 15) is 0 Å². The highest BCUT2D eigenvalue weighted by Crippen LogP contribution is 1.99. The Hall–Kier alpha value is -0.660. The van der Waals surface area contributed by atoms with Crippen molar-refractivity contribution in [1.29, 1.82) is 0 Å². The average molecular weight is 157 g/mol. The second kappa shape index (κ2) is 7.45. The smallest absolute Gasteiger partial charge is 0.178 e. The first kappa shape index (κ1) is 10.3. The molecule has 0 radical (unpaired) electrons. The molecule has 1 N–H and O–H groups in total. The number of rotatable bonds is 7. The van der Waals surface area contributed by atoms with Crippen molar-refractivity contribution in [2.45, 2.75) is 32.6 Å². The number of ether oxygens (including phenoxy) is 1. The molecule has 2 nitrogen and oxygen atoms in total. The van der Waals surface area contributed by atoms with Gasteiger partial charge in [0.15, 0.2) is 5.88 Å². The van der Waals surface area contributed by atoms with Crippen LogP contribution in [-0.2, 0) is 4.74 Å². The summed E-state index contributed by atoms with van der Waals surface area (Å²) in [4.78, 5) is 0. The van der Waals surface area contributed by atoms with Crippen molar-refractivity contribution in [3.05, 3.63) is 12.5 Å². The first-order valence-corrected chi connectivity index (χ1v) is 4.30. The van der Waals surface area contributed by atoms with Crippen LogP contribution in [-0.4, -0.2) is 13.7 Å². The molecule has 0 aromatic carbocycles. The third-order valence-electron chi connectivity index (χ3n) is 1.55. The molecule has 0 aliphatic heterocycles. The SMILES string of the molecule is C=C(NC)OCCCCCC. The summed E-state index contributed by atoms with van der Waals surface area (Å²) in [5, 5.41) is 2.84. The third-order valence-corrected chi connectivity index (χ3v) is 1.55. The summed E-state index contributed by atoms with van der Waals surface area (Å²) in [6, 6.07) is 0. The molecule has 0 atom stereocenters. The molecule has 0 fully saturated rings. The minimum atomic E-state index is 0.668. The van der Waals surface area contributed by atoms with E-state index in [0.717, 1.165) is 13.0 Å². The van der Waals surface area contributed by atoms with Gasteiger partial charge in [-0.1, -0.05) is 26.2 Å². The summed E-state index contributed by atoms with van der Waals surface area (Å²) in [6.45, 7) is 6.65. The van der Waals surface area contributed by atoms with Crippen LogP contribution in [0.3, 0.4) is 0 Å². The molecule has 0 saturated heterocycles. The van der Waals surface area contributed by atoms with E-state index in [4.69, 9.17) is 4.74 Å². The zero-order valence-electron chi connectivity index (χ0n) is 7.65. The average Bonchev–Trinajstić information content (AvgIpc) is 2.04. The normalized spacial score (nSPS) is 9.27. The van der Waals surface area contributed by atoms with Gasteiger partial charge in [-0.2, -0.15) is 0 Å². The molecule has 0 amide bonds. The predicted octanol–water partition coefficient (Wildman–Crippen LogP) is 2.27. The van der Waals surface area contributed by atoms with Crippen molar-refractivity contribution in [2.24, 2.45) is 0 Å². The molecule has 66 valence electrons. The van der Waals surface area contributed by atoms with Gasteiger partial charge in [-0.3, -0.25) is 0 Å². The van der Waals surface area contributed by atoms with E-state index in [0.29, 0.717) is 5.88 Å². The fourth-order valence-electron chi connectivity index (χ4n) is 0.796. The van der Waals surface area contributed by atoms with Crippen molar-refractivity contribution >= 4 is 0 Å². The first-order valence-electron chi connectivity index (χ1n) is 4.30. The van der Waals surface area contributed by atoms with Crippen LogP contribution in [0.25, 0.3) is 0 Å². The van der Waals surface area contributed by atoms with Gasteiger partial charge in [0.05, 0.1) is 6.61 Å². The Morgan fingerprint density at radius 3 is 2.64 bits per heavy atom. The van der Waals surface area contributed by atoms with E-state index >= 15 is 0 Å². The lowest BCUT2D eigenvalue weighted by Crippen LogP contribution is -2.08. The summed E-state index contributed by atoms with van der Waals surface area (Å²) in [5.74, 6) is 0.668. The lowest BCUT2D eigenvalue weighted by atomic mass is 10.2. The molecule has 0 bridgehead atoms. The van der Waals surface area contributed by atoms with Gasteiger partial charge >= 0.3 is 0 Å². The second-order valence-corrected chi connectivity index (χ2v) is 2.58. The predicted molar refractivity (Wildman–Crippen MR) is 48.3 cm³/mol. The summed E-state index contributed by atoms with van der Waals surface area (Å²) in [6.07, 6.45) is 4.96. The summed E-state index contributed by atoms with van der Waals surface area (Å²) in [7, 11) is 1.81. The monoisotopic (exact) mass is 157 g/mol. The quantitative estimate of drug-likeness (QED) is 0.452. The van der Waals surface area contributed by atoms with Crippen molar-refractivity contribution in [1.82, 2.24) is 5.32 Å². The van der Waals surface area contributed by atoms with Crippen molar-refractivity contribution in [2.75, 3.05) is 13.7 Å². The molecular weight excluding hydrogens is 138 g/mol. The molecule has 2 heteroatoms. The molecule has 0 aliphatic carbocycles. The Morgan fingerprint density at radius 1 is 1.36 bits per heavy atom. The Balaban J connectivity index is 2.95. The van der Waals surface area contributed by atoms with Crippen LogP contribution in [0.1, 0.15) is 32.6 Å². The minimum absolute atomic E-state index is 0.668. The number of unbranched alkanes of at least 4 members (excludes halogenated alkanes) is 3. The second-order valence-electron chi connectivity index (χ2n) is 2.58. The molecule has 0 aromatic rings. The van der Waals surface area contributed by atoms with Gasteiger partial charge in [0.25, 0.3) is 0 Å². The van der Waals surface area contributed by atoms with Gasteiger partial charge in [-0.25, -0.2) is 0 Å². The van der Waals surface area contributed by atoms with E-state index in [-0.39, 0.29) is 0 Å². The number of nitrogens with one attached hydrogen (secondary N) is 1. The lowest BCUT2D eigenvalue weighted by molar-refractivity contribution is 0.190. The molecule has 0 unspecified atom stereocenters. The fourth-order valence-corrected chi connectivity index (χ4v) is 0.796. The van der Waals surface area contributed by atoms with Gasteiger partial charge in [0.2, 0.25) is 0 Å².